The summed E-state index contributed by atoms with van der Waals surface area (Å²) in [4.78, 5) is 40.9. The molecule has 2 N–H and O–H groups in total. The maximum absolute atomic E-state index is 12.9. The Morgan fingerprint density at radius 1 is 1.52 bits per heavy atom. The van der Waals surface area contributed by atoms with E-state index in [4.69, 9.17) is 9.85 Å². The van der Waals surface area contributed by atoms with Gasteiger partial charge in [0.05, 0.1) is 24.7 Å². The molecule has 6 nitrogen and oxygen atoms in total. The zero-order valence-corrected chi connectivity index (χ0v) is 11.1. The van der Waals surface area contributed by atoms with Gasteiger partial charge in [0, 0.05) is 14.8 Å². The van der Waals surface area contributed by atoms with Gasteiger partial charge >= 0.3 is 0 Å². The molecule has 1 aromatic heterocycles. The normalized spacial score (nSPS) is 24.7. The van der Waals surface area contributed by atoms with Crippen LogP contribution in [0.4, 0.5) is 5.69 Å². The summed E-state index contributed by atoms with van der Waals surface area (Å²) < 4.78 is 24.2. The molecule has 0 spiro atoms. The van der Waals surface area contributed by atoms with E-state index in [1.54, 1.807) is 0 Å². The van der Waals surface area contributed by atoms with Gasteiger partial charge in [-0.15, -0.1) is 0 Å². The smallest absolute Gasteiger partial charge is 0.264 e. The molecular formula is C15H15N3O3. The molecule has 6 heteroatoms. The topological polar surface area (TPSA) is 95.0 Å². The highest BCUT2D eigenvalue weighted by Crippen LogP contribution is 2.24. The van der Waals surface area contributed by atoms with Crippen LogP contribution in [0.5, 0.6) is 0 Å². The second kappa shape index (κ2) is 4.80. The number of hydrogen-bond acceptors (Lipinski definition) is 5. The van der Waals surface area contributed by atoms with Gasteiger partial charge in [-0.25, -0.2) is 4.98 Å². The van der Waals surface area contributed by atoms with Crippen LogP contribution in [-0.2, 0) is 9.59 Å². The molecule has 0 saturated heterocycles. The maximum atomic E-state index is 12.9. The number of aryl methyl sites for hydroxylation is 1. The Labute approximate surface area is 124 Å². The third-order valence-corrected chi connectivity index (χ3v) is 3.57. The van der Waals surface area contributed by atoms with E-state index < -0.39 is 36.0 Å². The average Bonchev–Trinajstić information content (AvgIpc) is 2.54. The number of anilines is 1. The fourth-order valence-corrected chi connectivity index (χ4v) is 2.56. The fourth-order valence-electron chi connectivity index (χ4n) is 2.56. The summed E-state index contributed by atoms with van der Waals surface area (Å²) in [6, 6.07) is 1.84. The average molecular weight is 288 g/mol. The summed E-state index contributed by atoms with van der Waals surface area (Å²) in [7, 11) is 0. The number of fused-ring (bicyclic) bond motifs is 1. The molecule has 0 amide bonds. The van der Waals surface area contributed by atoms with E-state index in [0.29, 0.717) is 0 Å². The SMILES string of the molecule is [2H]Cc1nc2ccc([2H])c(N)c2c(=O)n1C1CC([2H])C(=O)CC1=O. The molecule has 0 bridgehead atoms. The first-order valence-electron chi connectivity index (χ1n) is 8.20. The van der Waals surface area contributed by atoms with Gasteiger partial charge in [-0.1, -0.05) is 6.07 Å². The molecule has 1 aliphatic rings. The van der Waals surface area contributed by atoms with Crippen molar-refractivity contribution in [2.24, 2.45) is 0 Å². The first-order valence-corrected chi connectivity index (χ1v) is 6.42. The summed E-state index contributed by atoms with van der Waals surface area (Å²) in [5, 5.41) is 0.0194. The fraction of sp³-hybridized carbons (Fsp3) is 0.333. The second-order valence-corrected chi connectivity index (χ2v) is 4.92. The largest absolute Gasteiger partial charge is 0.398 e. The monoisotopic (exact) mass is 288 g/mol. The third kappa shape index (κ3) is 2.12. The molecule has 0 aliphatic heterocycles. The Kier molecular flexibility index (Phi) is 2.35. The lowest BCUT2D eigenvalue weighted by molar-refractivity contribution is -0.132. The van der Waals surface area contributed by atoms with Gasteiger partial charge < -0.3 is 5.73 Å². The Morgan fingerprint density at radius 2 is 2.33 bits per heavy atom. The standard InChI is InChI=1S/C15H15N3O3/c1-8-17-11-4-2-3-10(16)14(11)15(21)18(8)12-6-5-9(19)7-13(12)20/h2-4,12H,5-7,16H2,1H3/i1D,3D,5D. The highest BCUT2D eigenvalue weighted by molar-refractivity contribution is 6.03. The Hall–Kier alpha value is -2.50. The van der Waals surface area contributed by atoms with E-state index in [2.05, 4.69) is 4.98 Å². The van der Waals surface area contributed by atoms with Crippen molar-refractivity contribution in [3.8, 4) is 0 Å². The number of carbonyl (C=O) groups excluding carboxylic acids is 2. The van der Waals surface area contributed by atoms with Crippen LogP contribution < -0.4 is 11.3 Å². The van der Waals surface area contributed by atoms with Crippen LogP contribution in [-0.4, -0.2) is 21.1 Å². The van der Waals surface area contributed by atoms with E-state index in [1.165, 1.54) is 12.1 Å². The predicted molar refractivity (Wildman–Crippen MR) is 78.1 cm³/mol. The van der Waals surface area contributed by atoms with E-state index in [9.17, 15) is 14.4 Å². The molecule has 2 atom stereocenters. The van der Waals surface area contributed by atoms with Gasteiger partial charge in [0.1, 0.15) is 11.6 Å². The highest BCUT2D eigenvalue weighted by atomic mass is 16.2. The maximum Gasteiger partial charge on any atom is 0.264 e. The summed E-state index contributed by atoms with van der Waals surface area (Å²) in [5.41, 5.74) is 5.43. The van der Waals surface area contributed by atoms with Crippen LogP contribution in [0.1, 0.15) is 35.2 Å². The third-order valence-electron chi connectivity index (χ3n) is 3.57. The van der Waals surface area contributed by atoms with Crippen molar-refractivity contribution in [3.63, 3.8) is 0 Å². The van der Waals surface area contributed by atoms with E-state index in [1.807, 2.05) is 0 Å². The minimum Gasteiger partial charge on any atom is -0.398 e. The number of benzene rings is 1. The lowest BCUT2D eigenvalue weighted by atomic mass is 9.92. The van der Waals surface area contributed by atoms with E-state index in [0.717, 1.165) is 4.57 Å². The minimum absolute atomic E-state index is 0.0194. The number of rotatable bonds is 1. The van der Waals surface area contributed by atoms with Crippen molar-refractivity contribution < 1.29 is 13.7 Å². The van der Waals surface area contributed by atoms with Crippen molar-refractivity contribution in [2.45, 2.75) is 32.2 Å². The van der Waals surface area contributed by atoms with E-state index >= 15 is 0 Å². The first-order chi connectivity index (χ1) is 11.3. The molecule has 1 fully saturated rings. The minimum atomic E-state index is -1.09. The van der Waals surface area contributed by atoms with Crippen LogP contribution >= 0.6 is 0 Å². The van der Waals surface area contributed by atoms with E-state index in [-0.39, 0.29) is 41.8 Å². The van der Waals surface area contributed by atoms with Crippen molar-refractivity contribution >= 4 is 28.2 Å². The van der Waals surface area contributed by atoms with Gasteiger partial charge in [-0.3, -0.25) is 19.0 Å². The molecule has 1 heterocycles. The summed E-state index contributed by atoms with van der Waals surface area (Å²) in [6.07, 6.45) is -1.62. The molecule has 1 aromatic carbocycles. The van der Waals surface area contributed by atoms with Crippen LogP contribution in [0.3, 0.4) is 0 Å². The van der Waals surface area contributed by atoms with Crippen LogP contribution in [0, 0.1) is 6.90 Å². The molecule has 2 unspecified atom stereocenters. The van der Waals surface area contributed by atoms with Crippen molar-refractivity contribution in [1.82, 2.24) is 9.55 Å². The summed E-state index contributed by atoms with van der Waals surface area (Å²) >= 11 is 0. The molecule has 0 radical (unpaired) electrons. The number of nitrogen functional groups attached to an aromatic ring is 1. The lowest BCUT2D eigenvalue weighted by Crippen LogP contribution is -2.36. The van der Waals surface area contributed by atoms with Crippen molar-refractivity contribution in [3.05, 3.63) is 34.4 Å². The van der Waals surface area contributed by atoms with Gasteiger partial charge in [0.25, 0.3) is 5.56 Å². The number of ketones is 2. The van der Waals surface area contributed by atoms with Crippen LogP contribution in [0.25, 0.3) is 10.9 Å². The zero-order valence-electron chi connectivity index (χ0n) is 14.1. The quantitative estimate of drug-likeness (QED) is 0.627. The molecule has 1 saturated carbocycles. The molecule has 3 rings (SSSR count). The number of nitrogens with two attached hydrogens (primary N) is 1. The molecule has 2 aromatic rings. The molecule has 21 heavy (non-hydrogen) atoms. The molecule has 1 aliphatic carbocycles. The Bertz CT molecular complexity index is 926. The second-order valence-electron chi connectivity index (χ2n) is 4.92. The Balaban J connectivity index is 2.29. The highest BCUT2D eigenvalue weighted by Gasteiger charge is 2.30. The zero-order chi connectivity index (χ0) is 17.6. The number of Topliss-reactive ketones (excluding diaryl/α,β-unsaturated/α-hetero) is 2. The van der Waals surface area contributed by atoms with Crippen LogP contribution in [0.2, 0.25) is 0 Å². The number of carbonyl (C=O) groups is 2. The van der Waals surface area contributed by atoms with Crippen LogP contribution in [0.15, 0.2) is 23.0 Å². The first kappa shape index (κ1) is 10.3. The lowest BCUT2D eigenvalue weighted by Gasteiger charge is -2.24. The van der Waals surface area contributed by atoms with Gasteiger partial charge in [0.15, 0.2) is 5.78 Å². The molecule has 108 valence electrons. The summed E-state index contributed by atoms with van der Waals surface area (Å²) in [5.74, 6) is -0.870. The van der Waals surface area contributed by atoms with Gasteiger partial charge in [-0.05, 0) is 25.4 Å². The number of hydrogen-bond donors (Lipinski definition) is 1. The van der Waals surface area contributed by atoms with Crippen molar-refractivity contribution in [2.75, 3.05) is 5.73 Å². The summed E-state index contributed by atoms with van der Waals surface area (Å²) in [6.45, 7) is -0.339. The number of nitrogens with zero attached hydrogens (tertiary/aromatic N) is 2. The van der Waals surface area contributed by atoms with Gasteiger partial charge in [0.2, 0.25) is 0 Å². The number of aromatic nitrogens is 2. The van der Waals surface area contributed by atoms with Gasteiger partial charge in [-0.2, -0.15) is 0 Å². The molecular weight excluding hydrogens is 270 g/mol. The predicted octanol–water partition coefficient (Wildman–Crippen LogP) is 1.15. The Morgan fingerprint density at radius 3 is 3.10 bits per heavy atom. The van der Waals surface area contributed by atoms with Crippen molar-refractivity contribution in [1.29, 1.82) is 0 Å².